The first-order valence-corrected chi connectivity index (χ1v) is 9.25. The number of anilines is 1. The Kier molecular flexibility index (Phi) is 5.58. The van der Waals surface area contributed by atoms with Crippen LogP contribution in [0, 0.1) is 0 Å². The van der Waals surface area contributed by atoms with Crippen molar-refractivity contribution in [1.82, 2.24) is 0 Å². The third-order valence-electron chi connectivity index (χ3n) is 4.92. The van der Waals surface area contributed by atoms with E-state index < -0.39 is 0 Å². The van der Waals surface area contributed by atoms with Gasteiger partial charge < -0.3 is 5.32 Å². The molecule has 1 fully saturated rings. The van der Waals surface area contributed by atoms with Crippen LogP contribution in [0.4, 0.5) is 5.69 Å². The molecule has 0 amide bonds. The van der Waals surface area contributed by atoms with E-state index in [0.29, 0.717) is 0 Å². The minimum atomic E-state index is 0.744. The van der Waals surface area contributed by atoms with Crippen LogP contribution in [-0.4, -0.2) is 7.05 Å². The van der Waals surface area contributed by atoms with Gasteiger partial charge in [-0.05, 0) is 71.2 Å². The summed E-state index contributed by atoms with van der Waals surface area (Å²) in [7, 11) is 1.93. The molecular weight excluding hydrogens is 314 g/mol. The fourth-order valence-corrected chi connectivity index (χ4v) is 3.24. The van der Waals surface area contributed by atoms with Gasteiger partial charge in [0.25, 0.3) is 0 Å². The molecule has 1 aliphatic carbocycles. The number of allylic oxidation sites excluding steroid dienone is 5. The predicted molar refractivity (Wildman–Crippen MR) is 116 cm³/mol. The molecular formula is C25H27N. The zero-order chi connectivity index (χ0) is 18.5. The second-order valence-electron chi connectivity index (χ2n) is 6.74. The number of nitrogens with one attached hydrogen (secondary N) is 1. The second-order valence-corrected chi connectivity index (χ2v) is 6.74. The third-order valence-corrected chi connectivity index (χ3v) is 4.92. The Morgan fingerprint density at radius 2 is 1.92 bits per heavy atom. The van der Waals surface area contributed by atoms with Crippen LogP contribution >= 0.6 is 0 Å². The first-order valence-electron chi connectivity index (χ1n) is 9.25. The number of hydrogen-bond acceptors (Lipinski definition) is 1. The summed E-state index contributed by atoms with van der Waals surface area (Å²) < 4.78 is 0. The zero-order valence-electron chi connectivity index (χ0n) is 15.8. The summed E-state index contributed by atoms with van der Waals surface area (Å²) in [6.07, 6.45) is 10.8. The molecule has 1 N–H and O–H groups in total. The van der Waals surface area contributed by atoms with Crippen molar-refractivity contribution in [3.63, 3.8) is 0 Å². The highest BCUT2D eigenvalue weighted by atomic mass is 14.8. The summed E-state index contributed by atoms with van der Waals surface area (Å²) in [6.45, 7) is 10.4. The summed E-state index contributed by atoms with van der Waals surface area (Å²) in [5, 5.41) is 3.22. The molecule has 0 heterocycles. The average Bonchev–Trinajstić information content (AvgIpc) is 3.53. The lowest BCUT2D eigenvalue weighted by Crippen LogP contribution is -1.95. The van der Waals surface area contributed by atoms with Gasteiger partial charge in [0.05, 0.1) is 0 Å². The minimum absolute atomic E-state index is 0.744. The number of rotatable bonds is 7. The highest BCUT2D eigenvalue weighted by Gasteiger charge is 2.23. The Balaban J connectivity index is 2.02. The van der Waals surface area contributed by atoms with Crippen LogP contribution in [0.15, 0.2) is 73.9 Å². The van der Waals surface area contributed by atoms with Crippen LogP contribution in [0.2, 0.25) is 0 Å². The van der Waals surface area contributed by atoms with Crippen LogP contribution in [0.5, 0.6) is 0 Å². The first-order chi connectivity index (χ1) is 12.7. The molecule has 1 nitrogen and oxygen atoms in total. The van der Waals surface area contributed by atoms with E-state index in [2.05, 4.69) is 73.1 Å². The Bertz CT molecular complexity index is 879. The van der Waals surface area contributed by atoms with Crippen molar-refractivity contribution in [2.75, 3.05) is 12.4 Å². The van der Waals surface area contributed by atoms with Crippen LogP contribution in [0.3, 0.4) is 0 Å². The van der Waals surface area contributed by atoms with Crippen molar-refractivity contribution < 1.29 is 0 Å². The number of hydrogen-bond donors (Lipinski definition) is 1. The van der Waals surface area contributed by atoms with Gasteiger partial charge in [-0.15, -0.1) is 0 Å². The number of benzene rings is 2. The molecule has 0 aromatic heterocycles. The molecule has 0 atom stereocenters. The van der Waals surface area contributed by atoms with Crippen molar-refractivity contribution in [3.8, 4) is 0 Å². The van der Waals surface area contributed by atoms with Crippen molar-refractivity contribution in [2.45, 2.75) is 25.7 Å². The van der Waals surface area contributed by atoms with Gasteiger partial charge in [-0.25, -0.2) is 0 Å². The molecule has 1 saturated carbocycles. The predicted octanol–water partition coefficient (Wildman–Crippen LogP) is 6.92. The van der Waals surface area contributed by atoms with Crippen molar-refractivity contribution >= 4 is 22.9 Å². The van der Waals surface area contributed by atoms with E-state index in [1.54, 1.807) is 0 Å². The largest absolute Gasteiger partial charge is 0.388 e. The fraction of sp³-hybridized carbons (Fsp3) is 0.200. The SMILES string of the molecule is C=Cc1cc(/C(=C/C=C\C)C(=C)c2cccc(C3CC3)c2)ccc1NC. The monoisotopic (exact) mass is 341 g/mol. The van der Waals surface area contributed by atoms with Crippen LogP contribution in [-0.2, 0) is 0 Å². The molecule has 2 aromatic rings. The summed E-state index contributed by atoms with van der Waals surface area (Å²) >= 11 is 0. The highest BCUT2D eigenvalue weighted by Crippen LogP contribution is 2.41. The van der Waals surface area contributed by atoms with Gasteiger partial charge in [-0.1, -0.05) is 67.8 Å². The fourth-order valence-electron chi connectivity index (χ4n) is 3.24. The summed E-state index contributed by atoms with van der Waals surface area (Å²) in [4.78, 5) is 0. The lowest BCUT2D eigenvalue weighted by Gasteiger charge is -2.15. The molecule has 0 radical (unpaired) electrons. The van der Waals surface area contributed by atoms with Gasteiger partial charge in [0, 0.05) is 12.7 Å². The molecule has 0 bridgehead atoms. The van der Waals surface area contributed by atoms with E-state index >= 15 is 0 Å². The van der Waals surface area contributed by atoms with Gasteiger partial charge in [-0.3, -0.25) is 0 Å². The van der Waals surface area contributed by atoms with Crippen molar-refractivity contribution in [2.24, 2.45) is 0 Å². The topological polar surface area (TPSA) is 12.0 Å². The van der Waals surface area contributed by atoms with Crippen LogP contribution in [0.25, 0.3) is 17.2 Å². The van der Waals surface area contributed by atoms with E-state index in [1.165, 1.54) is 24.0 Å². The maximum absolute atomic E-state index is 4.43. The van der Waals surface area contributed by atoms with Crippen LogP contribution < -0.4 is 5.32 Å². The van der Waals surface area contributed by atoms with E-state index in [9.17, 15) is 0 Å². The smallest absolute Gasteiger partial charge is 0.0411 e. The molecule has 0 unspecified atom stereocenters. The van der Waals surface area contributed by atoms with Gasteiger partial charge in [0.1, 0.15) is 0 Å². The molecule has 0 spiro atoms. The molecule has 132 valence electrons. The average molecular weight is 341 g/mol. The highest BCUT2D eigenvalue weighted by molar-refractivity contribution is 6.05. The maximum atomic E-state index is 4.43. The molecule has 2 aromatic carbocycles. The van der Waals surface area contributed by atoms with E-state index in [1.807, 2.05) is 26.1 Å². The molecule has 0 saturated heterocycles. The second kappa shape index (κ2) is 8.05. The van der Waals surface area contributed by atoms with Gasteiger partial charge in [-0.2, -0.15) is 0 Å². The first kappa shape index (κ1) is 18.0. The molecule has 26 heavy (non-hydrogen) atoms. The van der Waals surface area contributed by atoms with E-state index in [-0.39, 0.29) is 0 Å². The van der Waals surface area contributed by atoms with E-state index in [0.717, 1.165) is 33.9 Å². The lowest BCUT2D eigenvalue weighted by molar-refractivity contribution is 1.13. The molecule has 0 aliphatic heterocycles. The van der Waals surface area contributed by atoms with Gasteiger partial charge >= 0.3 is 0 Å². The third kappa shape index (κ3) is 3.88. The Morgan fingerprint density at radius 1 is 1.12 bits per heavy atom. The van der Waals surface area contributed by atoms with Gasteiger partial charge in [0.15, 0.2) is 0 Å². The zero-order valence-corrected chi connectivity index (χ0v) is 15.8. The molecule has 1 heteroatoms. The molecule has 1 aliphatic rings. The Morgan fingerprint density at radius 3 is 2.58 bits per heavy atom. The lowest BCUT2D eigenvalue weighted by atomic mass is 9.90. The minimum Gasteiger partial charge on any atom is -0.388 e. The quantitative estimate of drug-likeness (QED) is 0.539. The summed E-state index contributed by atoms with van der Waals surface area (Å²) in [5.41, 5.74) is 8.15. The van der Waals surface area contributed by atoms with Gasteiger partial charge in [0.2, 0.25) is 0 Å². The molecule has 3 rings (SSSR count). The Labute approximate surface area is 157 Å². The summed E-state index contributed by atoms with van der Waals surface area (Å²) in [6, 6.07) is 15.3. The Hall–Kier alpha value is -2.80. The summed E-state index contributed by atoms with van der Waals surface area (Å²) in [5.74, 6) is 0.744. The standard InChI is InChI=1S/C25H27N/c1-5-7-11-24(23-14-15-25(26-4)19(6-2)16-23)18(3)21-9-8-10-22(17-21)20-12-13-20/h5-11,14-17,20,26H,2-3,12-13H2,1,4H3/b7-5-,24-11+. The maximum Gasteiger partial charge on any atom is 0.0411 e. The normalized spacial score (nSPS) is 14.5. The van der Waals surface area contributed by atoms with Crippen molar-refractivity contribution in [3.05, 3.63) is 96.1 Å². The van der Waals surface area contributed by atoms with E-state index in [4.69, 9.17) is 0 Å². The van der Waals surface area contributed by atoms with Crippen molar-refractivity contribution in [1.29, 1.82) is 0 Å². The van der Waals surface area contributed by atoms with Crippen LogP contribution in [0.1, 0.15) is 47.9 Å².